The van der Waals surface area contributed by atoms with Gasteiger partial charge < -0.3 is 25.3 Å². The highest BCUT2D eigenvalue weighted by molar-refractivity contribution is 5.76. The number of urea groups is 1. The minimum atomic E-state index is -1.56. The van der Waals surface area contributed by atoms with Gasteiger partial charge in [-0.15, -0.1) is 0 Å². The Morgan fingerprint density at radius 3 is 2.47 bits per heavy atom. The monoisotopic (exact) mass is 273 g/mol. The fraction of sp³-hybridized carbons (Fsp3) is 0.833. The maximum Gasteiger partial charge on any atom is 0.334 e. The van der Waals surface area contributed by atoms with Crippen molar-refractivity contribution in [2.45, 2.75) is 31.9 Å². The SMILES string of the molecule is CCN1CCC(N(C)C(=O)NC[C@H](O)C(=O)O)CC1. The Morgan fingerprint density at radius 2 is 2.00 bits per heavy atom. The van der Waals surface area contributed by atoms with E-state index in [1.165, 1.54) is 0 Å². The van der Waals surface area contributed by atoms with Crippen molar-refractivity contribution < 1.29 is 19.8 Å². The zero-order valence-electron chi connectivity index (χ0n) is 11.5. The second kappa shape index (κ2) is 7.30. The molecule has 0 saturated carbocycles. The third-order valence-electron chi connectivity index (χ3n) is 3.60. The first-order chi connectivity index (χ1) is 8.95. The number of carbonyl (C=O) groups excluding carboxylic acids is 1. The van der Waals surface area contributed by atoms with Crippen molar-refractivity contribution in [2.75, 3.05) is 33.2 Å². The van der Waals surface area contributed by atoms with E-state index >= 15 is 0 Å². The first-order valence-electron chi connectivity index (χ1n) is 6.59. The standard InChI is InChI=1S/C12H23N3O4/c1-3-15-6-4-9(5-7-15)14(2)12(19)13-8-10(16)11(17)18/h9-10,16H,3-8H2,1-2H3,(H,13,19)(H,17,18)/t10-/m0/s1. The summed E-state index contributed by atoms with van der Waals surface area (Å²) in [6.07, 6.45) is 0.276. The third kappa shape index (κ3) is 4.68. The van der Waals surface area contributed by atoms with Crippen molar-refractivity contribution >= 4 is 12.0 Å². The van der Waals surface area contributed by atoms with Crippen LogP contribution in [0.5, 0.6) is 0 Å². The number of piperidine rings is 1. The summed E-state index contributed by atoms with van der Waals surface area (Å²) in [6, 6.07) is -0.167. The summed E-state index contributed by atoms with van der Waals surface area (Å²) < 4.78 is 0. The molecule has 1 aliphatic rings. The van der Waals surface area contributed by atoms with Crippen molar-refractivity contribution in [3.63, 3.8) is 0 Å². The van der Waals surface area contributed by atoms with Crippen LogP contribution in [0.25, 0.3) is 0 Å². The number of nitrogens with one attached hydrogen (secondary N) is 1. The maximum absolute atomic E-state index is 11.8. The molecule has 1 atom stereocenters. The number of aliphatic carboxylic acids is 1. The molecular formula is C12H23N3O4. The quantitative estimate of drug-likeness (QED) is 0.631. The molecule has 1 heterocycles. The summed E-state index contributed by atoms with van der Waals surface area (Å²) in [5, 5.41) is 20.0. The molecule has 19 heavy (non-hydrogen) atoms. The summed E-state index contributed by atoms with van der Waals surface area (Å²) >= 11 is 0. The van der Waals surface area contributed by atoms with E-state index in [1.54, 1.807) is 11.9 Å². The number of hydrogen-bond donors (Lipinski definition) is 3. The van der Waals surface area contributed by atoms with Gasteiger partial charge in [-0.05, 0) is 19.4 Å². The summed E-state index contributed by atoms with van der Waals surface area (Å²) in [4.78, 5) is 26.2. The van der Waals surface area contributed by atoms with Crippen molar-refractivity contribution in [1.29, 1.82) is 0 Å². The van der Waals surface area contributed by atoms with Crippen molar-refractivity contribution in [3.05, 3.63) is 0 Å². The van der Waals surface area contributed by atoms with Gasteiger partial charge in [-0.2, -0.15) is 0 Å². The molecule has 0 aromatic carbocycles. The van der Waals surface area contributed by atoms with Crippen molar-refractivity contribution in [3.8, 4) is 0 Å². The average molecular weight is 273 g/mol. The molecule has 0 radical (unpaired) electrons. The topological polar surface area (TPSA) is 93.1 Å². The number of likely N-dealkylation sites (tertiary alicyclic amines) is 1. The lowest BCUT2D eigenvalue weighted by Crippen LogP contribution is -2.50. The normalized spacial score (nSPS) is 18.9. The minimum absolute atomic E-state index is 0.171. The lowest BCUT2D eigenvalue weighted by molar-refractivity contribution is -0.146. The second-order valence-corrected chi connectivity index (χ2v) is 4.82. The molecule has 7 nitrogen and oxygen atoms in total. The molecule has 0 aromatic heterocycles. The molecule has 7 heteroatoms. The van der Waals surface area contributed by atoms with E-state index in [2.05, 4.69) is 17.1 Å². The van der Waals surface area contributed by atoms with Crippen LogP contribution in [0, 0.1) is 0 Å². The van der Waals surface area contributed by atoms with E-state index in [4.69, 9.17) is 10.2 Å². The molecule has 0 spiro atoms. The van der Waals surface area contributed by atoms with Gasteiger partial charge in [0.05, 0.1) is 6.54 Å². The van der Waals surface area contributed by atoms with E-state index in [9.17, 15) is 9.59 Å². The van der Waals surface area contributed by atoms with Crippen molar-refractivity contribution in [2.24, 2.45) is 0 Å². The van der Waals surface area contributed by atoms with Crippen molar-refractivity contribution in [1.82, 2.24) is 15.1 Å². The van der Waals surface area contributed by atoms with E-state index in [0.717, 1.165) is 32.5 Å². The van der Waals surface area contributed by atoms with Crippen LogP contribution in [0.1, 0.15) is 19.8 Å². The Morgan fingerprint density at radius 1 is 1.42 bits per heavy atom. The van der Waals surface area contributed by atoms with Gasteiger partial charge in [-0.25, -0.2) is 9.59 Å². The zero-order chi connectivity index (χ0) is 14.4. The Bertz CT molecular complexity index is 316. The average Bonchev–Trinajstić information content (AvgIpc) is 2.43. The third-order valence-corrected chi connectivity index (χ3v) is 3.60. The number of carbonyl (C=O) groups is 2. The Hall–Kier alpha value is -1.34. The smallest absolute Gasteiger partial charge is 0.334 e. The molecule has 3 N–H and O–H groups in total. The molecule has 1 rings (SSSR count). The van der Waals surface area contributed by atoms with Gasteiger partial charge in [0.2, 0.25) is 0 Å². The molecule has 0 aliphatic carbocycles. The number of amides is 2. The summed E-state index contributed by atoms with van der Waals surface area (Å²) in [7, 11) is 1.70. The molecular weight excluding hydrogens is 250 g/mol. The van der Waals surface area contributed by atoms with E-state index in [1.807, 2.05) is 0 Å². The zero-order valence-corrected chi connectivity index (χ0v) is 11.5. The van der Waals surface area contributed by atoms with Crippen LogP contribution in [-0.4, -0.2) is 77.4 Å². The van der Waals surface area contributed by atoms with Gasteiger partial charge >= 0.3 is 12.0 Å². The number of carboxylic acid groups (broad SMARTS) is 1. The summed E-state index contributed by atoms with van der Waals surface area (Å²) in [5.41, 5.74) is 0. The lowest BCUT2D eigenvalue weighted by Gasteiger charge is -2.36. The Balaban J connectivity index is 2.34. The molecule has 110 valence electrons. The molecule has 2 amide bonds. The van der Waals surface area contributed by atoms with Crippen LogP contribution in [-0.2, 0) is 4.79 Å². The number of rotatable bonds is 5. The predicted molar refractivity (Wildman–Crippen MR) is 69.9 cm³/mol. The van der Waals surface area contributed by atoms with Gasteiger partial charge in [0, 0.05) is 26.2 Å². The molecule has 1 aliphatic heterocycles. The molecule has 1 fully saturated rings. The van der Waals surface area contributed by atoms with Gasteiger partial charge in [0.25, 0.3) is 0 Å². The Kier molecular flexibility index (Phi) is 6.04. The largest absolute Gasteiger partial charge is 0.479 e. The van der Waals surface area contributed by atoms with Crippen LogP contribution < -0.4 is 5.32 Å². The summed E-state index contributed by atoms with van der Waals surface area (Å²) in [6.45, 7) is 4.80. The number of hydrogen-bond acceptors (Lipinski definition) is 4. The van der Waals surface area contributed by atoms with Crippen LogP contribution in [0.2, 0.25) is 0 Å². The fourth-order valence-corrected chi connectivity index (χ4v) is 2.18. The maximum atomic E-state index is 11.8. The highest BCUT2D eigenvalue weighted by Crippen LogP contribution is 2.14. The van der Waals surface area contributed by atoms with E-state index < -0.39 is 12.1 Å². The number of nitrogens with zero attached hydrogens (tertiary/aromatic N) is 2. The lowest BCUT2D eigenvalue weighted by atomic mass is 10.0. The summed E-state index contributed by atoms with van der Waals surface area (Å²) in [5.74, 6) is -1.33. The van der Waals surface area contributed by atoms with Gasteiger partial charge in [-0.3, -0.25) is 0 Å². The minimum Gasteiger partial charge on any atom is -0.479 e. The number of carboxylic acids is 1. The van der Waals surface area contributed by atoms with Gasteiger partial charge in [0.15, 0.2) is 6.10 Å². The van der Waals surface area contributed by atoms with E-state index in [-0.39, 0.29) is 18.6 Å². The van der Waals surface area contributed by atoms with E-state index in [0.29, 0.717) is 0 Å². The van der Waals surface area contributed by atoms with Crippen LogP contribution in [0.3, 0.4) is 0 Å². The second-order valence-electron chi connectivity index (χ2n) is 4.82. The number of aliphatic hydroxyl groups is 1. The molecule has 1 saturated heterocycles. The first-order valence-corrected chi connectivity index (χ1v) is 6.59. The molecule has 0 unspecified atom stereocenters. The molecule has 0 bridgehead atoms. The van der Waals surface area contributed by atoms with Gasteiger partial charge in [-0.1, -0.05) is 6.92 Å². The van der Waals surface area contributed by atoms with Crippen LogP contribution >= 0.6 is 0 Å². The fourth-order valence-electron chi connectivity index (χ4n) is 2.18. The highest BCUT2D eigenvalue weighted by atomic mass is 16.4. The van der Waals surface area contributed by atoms with Gasteiger partial charge in [0.1, 0.15) is 0 Å². The highest BCUT2D eigenvalue weighted by Gasteiger charge is 2.25. The van der Waals surface area contributed by atoms with Crippen LogP contribution in [0.15, 0.2) is 0 Å². The van der Waals surface area contributed by atoms with Crippen LogP contribution in [0.4, 0.5) is 4.79 Å². The molecule has 0 aromatic rings. The predicted octanol–water partition coefficient (Wildman–Crippen LogP) is -0.442. The number of aliphatic hydroxyl groups excluding tert-OH is 1. The Labute approximate surface area is 113 Å². The first kappa shape index (κ1) is 15.7.